The average molecular weight is 455 g/mol. The molecule has 0 spiro atoms. The van der Waals surface area contributed by atoms with E-state index < -0.39 is 15.9 Å². The highest BCUT2D eigenvalue weighted by atomic mass is 35.5. The van der Waals surface area contributed by atoms with Gasteiger partial charge in [0.1, 0.15) is 0 Å². The first kappa shape index (κ1) is 20.7. The van der Waals surface area contributed by atoms with Gasteiger partial charge >= 0.3 is 0 Å². The molecule has 0 bridgehead atoms. The van der Waals surface area contributed by atoms with Crippen molar-refractivity contribution in [1.29, 1.82) is 0 Å². The van der Waals surface area contributed by atoms with E-state index in [0.29, 0.717) is 16.3 Å². The minimum absolute atomic E-state index is 0.0963. The molecule has 146 valence electrons. The first-order valence-corrected chi connectivity index (χ1v) is 11.7. The van der Waals surface area contributed by atoms with Gasteiger partial charge in [-0.3, -0.25) is 10.1 Å². The van der Waals surface area contributed by atoms with Crippen molar-refractivity contribution in [3.8, 4) is 0 Å². The lowest BCUT2D eigenvalue weighted by Crippen LogP contribution is -2.25. The molecule has 0 radical (unpaired) electrons. The van der Waals surface area contributed by atoms with Gasteiger partial charge in [-0.15, -0.1) is 22.0 Å². The molecule has 0 fully saturated rings. The Morgan fingerprint density at radius 1 is 1.07 bits per heavy atom. The summed E-state index contributed by atoms with van der Waals surface area (Å²) in [4.78, 5) is 13.2. The number of carbonyl (C=O) groups is 1. The lowest BCUT2D eigenvalue weighted by molar-refractivity contribution is 0.102. The number of halogens is 1. The SMILES string of the molecule is O=C(Nc1nnc(S(=O)(=O)NCCSc2ccccc2)s1)c1ccc(Cl)cc1. The zero-order valence-corrected chi connectivity index (χ0v) is 17.5. The van der Waals surface area contributed by atoms with E-state index in [4.69, 9.17) is 11.6 Å². The Hall–Kier alpha value is -1.98. The van der Waals surface area contributed by atoms with Gasteiger partial charge in [0, 0.05) is 27.8 Å². The minimum atomic E-state index is -3.79. The Bertz CT molecular complexity index is 1040. The van der Waals surface area contributed by atoms with Crippen LogP contribution in [0.5, 0.6) is 0 Å². The predicted molar refractivity (Wildman–Crippen MR) is 112 cm³/mol. The van der Waals surface area contributed by atoms with Crippen LogP contribution < -0.4 is 10.0 Å². The zero-order chi connectivity index (χ0) is 20.0. The number of nitrogens with one attached hydrogen (secondary N) is 2. The van der Waals surface area contributed by atoms with E-state index in [0.717, 1.165) is 16.2 Å². The van der Waals surface area contributed by atoms with Crippen LogP contribution in [-0.4, -0.2) is 36.8 Å². The molecular weight excluding hydrogens is 440 g/mol. The molecule has 11 heteroatoms. The average Bonchev–Trinajstić information content (AvgIpc) is 3.16. The van der Waals surface area contributed by atoms with Gasteiger partial charge < -0.3 is 0 Å². The summed E-state index contributed by atoms with van der Waals surface area (Å²) in [5, 5.41) is 10.5. The molecule has 0 atom stereocenters. The molecule has 7 nitrogen and oxygen atoms in total. The first-order valence-electron chi connectivity index (χ1n) is 8.02. The number of amides is 1. The molecular formula is C17H15ClN4O3S3. The molecule has 3 aromatic rings. The molecule has 0 saturated carbocycles. The largest absolute Gasteiger partial charge is 0.296 e. The van der Waals surface area contributed by atoms with Crippen LogP contribution in [0.2, 0.25) is 5.02 Å². The van der Waals surface area contributed by atoms with Crippen molar-refractivity contribution in [2.75, 3.05) is 17.6 Å². The monoisotopic (exact) mass is 454 g/mol. The van der Waals surface area contributed by atoms with E-state index in [1.807, 2.05) is 30.3 Å². The van der Waals surface area contributed by atoms with Crippen molar-refractivity contribution < 1.29 is 13.2 Å². The number of hydrogen-bond acceptors (Lipinski definition) is 7. The smallest absolute Gasteiger partial charge is 0.269 e. The molecule has 1 amide bonds. The van der Waals surface area contributed by atoms with Gasteiger partial charge in [0.2, 0.25) is 9.47 Å². The Balaban J connectivity index is 1.54. The standard InChI is InChI=1S/C17H15ClN4O3S3/c18-13-8-6-12(7-9-13)15(23)20-16-21-22-17(27-16)28(24,25)19-10-11-26-14-4-2-1-3-5-14/h1-9,19H,10-11H2,(H,20,21,23). The number of aromatic nitrogens is 2. The molecule has 0 aliphatic rings. The fraction of sp³-hybridized carbons (Fsp3) is 0.118. The molecule has 1 heterocycles. The maximum Gasteiger partial charge on any atom is 0.269 e. The highest BCUT2D eigenvalue weighted by Gasteiger charge is 2.20. The molecule has 0 aliphatic heterocycles. The zero-order valence-electron chi connectivity index (χ0n) is 14.3. The van der Waals surface area contributed by atoms with Gasteiger partial charge in [0.05, 0.1) is 0 Å². The minimum Gasteiger partial charge on any atom is -0.296 e. The number of nitrogens with zero attached hydrogens (tertiary/aromatic N) is 2. The topological polar surface area (TPSA) is 101 Å². The Morgan fingerprint density at radius 3 is 2.50 bits per heavy atom. The number of thioether (sulfide) groups is 1. The summed E-state index contributed by atoms with van der Waals surface area (Å²) >= 11 is 8.12. The van der Waals surface area contributed by atoms with Crippen LogP contribution in [0.25, 0.3) is 0 Å². The number of anilines is 1. The Morgan fingerprint density at radius 2 is 1.79 bits per heavy atom. The van der Waals surface area contributed by atoms with Crippen molar-refractivity contribution in [2.45, 2.75) is 9.24 Å². The van der Waals surface area contributed by atoms with Crippen molar-refractivity contribution in [3.05, 3.63) is 65.2 Å². The summed E-state index contributed by atoms with van der Waals surface area (Å²) in [5.41, 5.74) is 0.375. The molecule has 0 unspecified atom stereocenters. The summed E-state index contributed by atoms with van der Waals surface area (Å²) in [5.74, 6) is 0.145. The van der Waals surface area contributed by atoms with Crippen LogP contribution in [0.4, 0.5) is 5.13 Å². The van der Waals surface area contributed by atoms with E-state index in [1.54, 1.807) is 36.0 Å². The summed E-state index contributed by atoms with van der Waals surface area (Å²) < 4.78 is 26.9. The lowest BCUT2D eigenvalue weighted by atomic mass is 10.2. The normalized spacial score (nSPS) is 11.3. The van der Waals surface area contributed by atoms with Gasteiger partial charge in [0.15, 0.2) is 0 Å². The highest BCUT2D eigenvalue weighted by molar-refractivity contribution is 7.99. The van der Waals surface area contributed by atoms with Crippen molar-refractivity contribution >= 4 is 55.8 Å². The quantitative estimate of drug-likeness (QED) is 0.307. The number of rotatable bonds is 8. The van der Waals surface area contributed by atoms with Gasteiger partial charge in [0.25, 0.3) is 15.9 Å². The molecule has 1 aromatic heterocycles. The van der Waals surface area contributed by atoms with Gasteiger partial charge in [-0.05, 0) is 36.4 Å². The molecule has 2 aromatic carbocycles. The predicted octanol–water partition coefficient (Wildman–Crippen LogP) is 3.51. The number of carbonyl (C=O) groups excluding carboxylic acids is 1. The maximum absolute atomic E-state index is 12.3. The third-order valence-electron chi connectivity index (χ3n) is 3.37. The third-order valence-corrected chi connectivity index (χ3v) is 7.30. The van der Waals surface area contributed by atoms with E-state index >= 15 is 0 Å². The van der Waals surface area contributed by atoms with E-state index in [1.165, 1.54) is 0 Å². The second-order valence-corrected chi connectivity index (χ2v) is 9.92. The second kappa shape index (κ2) is 9.48. The van der Waals surface area contributed by atoms with Crippen LogP contribution in [-0.2, 0) is 10.0 Å². The fourth-order valence-electron chi connectivity index (χ4n) is 2.06. The van der Waals surface area contributed by atoms with Crippen molar-refractivity contribution in [3.63, 3.8) is 0 Å². The number of sulfonamides is 1. The van der Waals surface area contributed by atoms with Crippen molar-refractivity contribution in [1.82, 2.24) is 14.9 Å². The number of hydrogen-bond donors (Lipinski definition) is 2. The van der Waals surface area contributed by atoms with Crippen LogP contribution in [0.15, 0.2) is 63.8 Å². The van der Waals surface area contributed by atoms with E-state index in [-0.39, 0.29) is 16.0 Å². The van der Waals surface area contributed by atoms with Gasteiger partial charge in [-0.1, -0.05) is 41.1 Å². The Labute approximate surface area is 175 Å². The van der Waals surface area contributed by atoms with E-state index in [2.05, 4.69) is 20.2 Å². The van der Waals surface area contributed by atoms with Crippen molar-refractivity contribution in [2.24, 2.45) is 0 Å². The molecule has 3 rings (SSSR count). The van der Waals surface area contributed by atoms with Crippen LogP contribution in [0, 0.1) is 0 Å². The van der Waals surface area contributed by atoms with Gasteiger partial charge in [-0.2, -0.15) is 0 Å². The number of benzene rings is 2. The summed E-state index contributed by atoms with van der Waals surface area (Å²) in [6.07, 6.45) is 0. The lowest BCUT2D eigenvalue weighted by Gasteiger charge is -2.03. The van der Waals surface area contributed by atoms with Gasteiger partial charge in [-0.25, -0.2) is 13.1 Å². The molecule has 28 heavy (non-hydrogen) atoms. The summed E-state index contributed by atoms with van der Waals surface area (Å²) in [6, 6.07) is 16.0. The second-order valence-electron chi connectivity index (χ2n) is 5.39. The van der Waals surface area contributed by atoms with Crippen LogP contribution in [0.1, 0.15) is 10.4 Å². The molecule has 2 N–H and O–H groups in total. The first-order chi connectivity index (χ1) is 13.4. The summed E-state index contributed by atoms with van der Waals surface area (Å²) in [6.45, 7) is 0.244. The fourth-order valence-corrected chi connectivity index (χ4v) is 5.07. The maximum atomic E-state index is 12.3. The van der Waals surface area contributed by atoms with Crippen LogP contribution >= 0.6 is 34.7 Å². The Kier molecular flexibility index (Phi) is 7.03. The van der Waals surface area contributed by atoms with E-state index in [9.17, 15) is 13.2 Å². The van der Waals surface area contributed by atoms with Crippen LogP contribution in [0.3, 0.4) is 0 Å². The third kappa shape index (κ3) is 5.76. The summed E-state index contributed by atoms with van der Waals surface area (Å²) in [7, 11) is -3.79. The molecule has 0 aliphatic carbocycles. The molecule has 0 saturated heterocycles. The highest BCUT2D eigenvalue weighted by Crippen LogP contribution is 2.21.